The standard InChI is InChI=1S/C15H12ClF2N3O2S/c16-10-4-5-11-12(7-10)20-8-13(11)24(22,23)21-9-15(17,18)14-3-1-2-6-19-14/h1-8,20-21H,9H2. The number of aromatic nitrogens is 2. The van der Waals surface area contributed by atoms with E-state index in [4.69, 9.17) is 11.6 Å². The maximum atomic E-state index is 14.1. The molecule has 0 aliphatic rings. The lowest BCUT2D eigenvalue weighted by molar-refractivity contribution is -0.00242. The summed E-state index contributed by atoms with van der Waals surface area (Å²) in [7, 11) is -4.13. The van der Waals surface area contributed by atoms with Gasteiger partial charge in [-0.3, -0.25) is 4.98 Å². The Bertz CT molecular complexity index is 975. The van der Waals surface area contributed by atoms with E-state index in [1.54, 1.807) is 6.07 Å². The molecule has 2 N–H and O–H groups in total. The molecule has 2 heterocycles. The van der Waals surface area contributed by atoms with Gasteiger partial charge in [-0.05, 0) is 30.3 Å². The summed E-state index contributed by atoms with van der Waals surface area (Å²) in [5.41, 5.74) is -0.00207. The molecule has 0 amide bonds. The highest BCUT2D eigenvalue weighted by atomic mass is 35.5. The number of hydrogen-bond acceptors (Lipinski definition) is 3. The second-order valence-electron chi connectivity index (χ2n) is 5.09. The molecule has 0 aliphatic heterocycles. The summed E-state index contributed by atoms with van der Waals surface area (Å²) < 4.78 is 54.8. The molecule has 0 saturated heterocycles. The molecule has 0 spiro atoms. The third kappa shape index (κ3) is 3.26. The number of sulfonamides is 1. The van der Waals surface area contributed by atoms with Gasteiger partial charge in [-0.2, -0.15) is 8.78 Å². The minimum atomic E-state index is -4.13. The average molecular weight is 372 g/mol. The van der Waals surface area contributed by atoms with E-state index in [1.165, 1.54) is 36.7 Å². The number of benzene rings is 1. The number of hydrogen-bond donors (Lipinski definition) is 2. The minimum absolute atomic E-state index is 0.119. The van der Waals surface area contributed by atoms with E-state index in [-0.39, 0.29) is 4.90 Å². The topological polar surface area (TPSA) is 74.8 Å². The summed E-state index contributed by atoms with van der Waals surface area (Å²) >= 11 is 5.84. The van der Waals surface area contributed by atoms with Crippen molar-refractivity contribution in [2.75, 3.05) is 6.54 Å². The number of aromatic amines is 1. The van der Waals surface area contributed by atoms with E-state index in [0.717, 1.165) is 6.07 Å². The number of nitrogens with zero attached hydrogens (tertiary/aromatic N) is 1. The Kier molecular flexibility index (Phi) is 4.29. The van der Waals surface area contributed by atoms with E-state index < -0.39 is 28.2 Å². The van der Waals surface area contributed by atoms with Crippen LogP contribution < -0.4 is 4.72 Å². The highest BCUT2D eigenvalue weighted by Gasteiger charge is 2.35. The Morgan fingerprint density at radius 2 is 2.04 bits per heavy atom. The van der Waals surface area contributed by atoms with E-state index >= 15 is 0 Å². The largest absolute Gasteiger partial charge is 0.360 e. The van der Waals surface area contributed by atoms with Crippen molar-refractivity contribution in [1.29, 1.82) is 0 Å². The lowest BCUT2D eigenvalue weighted by Crippen LogP contribution is -2.35. The van der Waals surface area contributed by atoms with Crippen LogP contribution in [0.1, 0.15) is 5.69 Å². The Morgan fingerprint density at radius 3 is 2.75 bits per heavy atom. The Labute approximate surface area is 141 Å². The van der Waals surface area contributed by atoms with Gasteiger partial charge in [0.1, 0.15) is 10.6 Å². The normalized spacial score (nSPS) is 12.6. The van der Waals surface area contributed by atoms with Gasteiger partial charge in [0.2, 0.25) is 10.0 Å². The van der Waals surface area contributed by atoms with Gasteiger partial charge >= 0.3 is 5.92 Å². The van der Waals surface area contributed by atoms with Crippen LogP contribution in [0.4, 0.5) is 8.78 Å². The molecule has 2 aromatic heterocycles. The van der Waals surface area contributed by atoms with Crippen LogP contribution >= 0.6 is 11.6 Å². The van der Waals surface area contributed by atoms with E-state index in [0.29, 0.717) is 15.9 Å². The van der Waals surface area contributed by atoms with Gasteiger partial charge in [0.15, 0.2) is 0 Å². The first kappa shape index (κ1) is 16.8. The predicted molar refractivity (Wildman–Crippen MR) is 86.6 cm³/mol. The Morgan fingerprint density at radius 1 is 1.25 bits per heavy atom. The summed E-state index contributed by atoms with van der Waals surface area (Å²) in [4.78, 5) is 6.21. The number of fused-ring (bicyclic) bond motifs is 1. The molecule has 5 nitrogen and oxygen atoms in total. The molecule has 0 aliphatic carbocycles. The summed E-state index contributed by atoms with van der Waals surface area (Å²) in [5.74, 6) is -3.43. The number of alkyl halides is 2. The predicted octanol–water partition coefficient (Wildman–Crippen LogP) is 3.29. The molecule has 0 radical (unpaired) electrons. The first-order chi connectivity index (χ1) is 11.3. The van der Waals surface area contributed by atoms with Crippen molar-refractivity contribution in [3.8, 4) is 0 Å². The fourth-order valence-electron chi connectivity index (χ4n) is 2.23. The third-order valence-electron chi connectivity index (χ3n) is 3.42. The zero-order valence-electron chi connectivity index (χ0n) is 12.1. The molecule has 0 saturated carbocycles. The monoisotopic (exact) mass is 371 g/mol. The van der Waals surface area contributed by atoms with Crippen molar-refractivity contribution >= 4 is 32.5 Å². The fraction of sp³-hybridized carbons (Fsp3) is 0.133. The van der Waals surface area contributed by atoms with Crippen LogP contribution in [0, 0.1) is 0 Å². The van der Waals surface area contributed by atoms with Crippen LogP contribution in [-0.2, 0) is 15.9 Å². The second kappa shape index (κ2) is 6.12. The van der Waals surface area contributed by atoms with Gasteiger partial charge < -0.3 is 4.98 Å². The third-order valence-corrected chi connectivity index (χ3v) is 5.10. The molecule has 126 valence electrons. The minimum Gasteiger partial charge on any atom is -0.360 e. The zero-order chi connectivity index (χ0) is 17.4. The van der Waals surface area contributed by atoms with Gasteiger partial charge in [-0.25, -0.2) is 13.1 Å². The Balaban J connectivity index is 1.86. The molecule has 0 unspecified atom stereocenters. The zero-order valence-corrected chi connectivity index (χ0v) is 13.7. The van der Waals surface area contributed by atoms with Crippen LogP contribution in [0.25, 0.3) is 10.9 Å². The van der Waals surface area contributed by atoms with Crippen molar-refractivity contribution in [2.45, 2.75) is 10.8 Å². The average Bonchev–Trinajstić information content (AvgIpc) is 2.98. The molecule has 9 heteroatoms. The van der Waals surface area contributed by atoms with Gasteiger partial charge in [0.05, 0.1) is 6.54 Å². The van der Waals surface area contributed by atoms with Crippen molar-refractivity contribution in [2.24, 2.45) is 0 Å². The van der Waals surface area contributed by atoms with Crippen LogP contribution in [0.15, 0.2) is 53.7 Å². The van der Waals surface area contributed by atoms with Crippen LogP contribution in [0.2, 0.25) is 5.02 Å². The SMILES string of the molecule is O=S(=O)(NCC(F)(F)c1ccccn1)c1c[nH]c2cc(Cl)ccc12. The number of nitrogens with one attached hydrogen (secondary N) is 2. The molecule has 24 heavy (non-hydrogen) atoms. The summed E-state index contributed by atoms with van der Waals surface area (Å²) in [6.45, 7) is -1.09. The smallest absolute Gasteiger partial charge is 0.302 e. The van der Waals surface area contributed by atoms with Crippen molar-refractivity contribution in [1.82, 2.24) is 14.7 Å². The van der Waals surface area contributed by atoms with Gasteiger partial charge in [0.25, 0.3) is 0 Å². The number of H-pyrrole nitrogens is 1. The van der Waals surface area contributed by atoms with Crippen molar-refractivity contribution < 1.29 is 17.2 Å². The molecule has 0 atom stereocenters. The van der Waals surface area contributed by atoms with E-state index in [2.05, 4.69) is 9.97 Å². The first-order valence-electron chi connectivity index (χ1n) is 6.85. The van der Waals surface area contributed by atoms with Gasteiger partial charge in [0, 0.05) is 28.3 Å². The lowest BCUT2D eigenvalue weighted by Gasteiger charge is -2.16. The maximum absolute atomic E-state index is 14.1. The molecular formula is C15H12ClF2N3O2S. The highest BCUT2D eigenvalue weighted by molar-refractivity contribution is 7.89. The number of halogens is 3. The van der Waals surface area contributed by atoms with Crippen LogP contribution in [0.3, 0.4) is 0 Å². The molecular weight excluding hydrogens is 360 g/mol. The molecule has 3 aromatic rings. The van der Waals surface area contributed by atoms with Crippen molar-refractivity contribution in [3.05, 3.63) is 59.5 Å². The first-order valence-corrected chi connectivity index (χ1v) is 8.71. The number of pyridine rings is 1. The lowest BCUT2D eigenvalue weighted by atomic mass is 10.2. The number of rotatable bonds is 5. The summed E-state index contributed by atoms with van der Waals surface area (Å²) in [6, 6.07) is 8.65. The summed E-state index contributed by atoms with van der Waals surface area (Å²) in [6.07, 6.45) is 2.46. The summed E-state index contributed by atoms with van der Waals surface area (Å²) in [5, 5.41) is 0.802. The van der Waals surface area contributed by atoms with Gasteiger partial charge in [-0.15, -0.1) is 0 Å². The van der Waals surface area contributed by atoms with Crippen LogP contribution in [-0.4, -0.2) is 24.9 Å². The van der Waals surface area contributed by atoms with E-state index in [1.807, 2.05) is 4.72 Å². The van der Waals surface area contributed by atoms with Crippen molar-refractivity contribution in [3.63, 3.8) is 0 Å². The quantitative estimate of drug-likeness (QED) is 0.722. The van der Waals surface area contributed by atoms with Gasteiger partial charge in [-0.1, -0.05) is 17.7 Å². The van der Waals surface area contributed by atoms with Crippen LogP contribution in [0.5, 0.6) is 0 Å². The Hall–Kier alpha value is -2.03. The second-order valence-corrected chi connectivity index (χ2v) is 7.26. The highest BCUT2D eigenvalue weighted by Crippen LogP contribution is 2.28. The fourth-order valence-corrected chi connectivity index (χ4v) is 3.61. The molecule has 3 rings (SSSR count). The molecule has 0 fully saturated rings. The molecule has 1 aromatic carbocycles. The maximum Gasteiger partial charge on any atom is 0.302 e. The molecule has 0 bridgehead atoms. The van der Waals surface area contributed by atoms with E-state index in [9.17, 15) is 17.2 Å².